The molecule has 84 valence electrons. The lowest BCUT2D eigenvalue weighted by molar-refractivity contribution is 0.304. The van der Waals surface area contributed by atoms with Gasteiger partial charge in [-0.2, -0.15) is 0 Å². The number of halogens is 1. The Morgan fingerprint density at radius 3 is 2.88 bits per heavy atom. The van der Waals surface area contributed by atoms with Crippen LogP contribution < -0.4 is 10.5 Å². The van der Waals surface area contributed by atoms with Crippen LogP contribution in [0.4, 0.5) is 0 Å². The first kappa shape index (κ1) is 11.0. The second-order valence-electron chi connectivity index (χ2n) is 3.29. The molecule has 0 aliphatic rings. The van der Waals surface area contributed by atoms with Crippen LogP contribution in [0.3, 0.4) is 0 Å². The Bertz CT molecular complexity index is 457. The summed E-state index contributed by atoms with van der Waals surface area (Å²) < 4.78 is 10.2. The van der Waals surface area contributed by atoms with Gasteiger partial charge >= 0.3 is 0 Å². The Morgan fingerprint density at radius 1 is 1.38 bits per heavy atom. The van der Waals surface area contributed by atoms with Crippen LogP contribution in [0.5, 0.6) is 5.75 Å². The maximum Gasteiger partial charge on any atom is 0.138 e. The first-order valence-corrected chi connectivity index (χ1v) is 5.17. The van der Waals surface area contributed by atoms with Crippen molar-refractivity contribution in [3.63, 3.8) is 0 Å². The molecule has 0 aliphatic carbocycles. The monoisotopic (exact) mass is 238 g/mol. The number of benzene rings is 1. The van der Waals surface area contributed by atoms with Crippen molar-refractivity contribution in [2.45, 2.75) is 13.2 Å². The summed E-state index contributed by atoms with van der Waals surface area (Å²) in [5.41, 5.74) is 7.33. The fourth-order valence-corrected chi connectivity index (χ4v) is 1.51. The van der Waals surface area contributed by atoms with Crippen LogP contribution in [0.2, 0.25) is 5.02 Å². The van der Waals surface area contributed by atoms with Gasteiger partial charge in [-0.1, -0.05) is 22.8 Å². The van der Waals surface area contributed by atoms with Crippen LogP contribution in [0.25, 0.3) is 0 Å². The second kappa shape index (κ2) is 5.01. The van der Waals surface area contributed by atoms with E-state index in [1.165, 1.54) is 6.26 Å². The van der Waals surface area contributed by atoms with Crippen LogP contribution in [0.15, 0.2) is 35.2 Å². The highest BCUT2D eigenvalue weighted by atomic mass is 35.5. The second-order valence-corrected chi connectivity index (χ2v) is 3.70. The lowest BCUT2D eigenvalue weighted by Gasteiger charge is -2.07. The van der Waals surface area contributed by atoms with Gasteiger partial charge in [-0.25, -0.2) is 0 Å². The predicted octanol–water partition coefficient (Wildman–Crippen LogP) is 2.37. The largest absolute Gasteiger partial charge is 0.487 e. The lowest BCUT2D eigenvalue weighted by atomic mass is 10.2. The Labute approximate surface area is 97.9 Å². The lowest BCUT2D eigenvalue weighted by Crippen LogP contribution is -1.98. The van der Waals surface area contributed by atoms with Gasteiger partial charge in [-0.15, -0.1) is 0 Å². The van der Waals surface area contributed by atoms with Gasteiger partial charge in [0.1, 0.15) is 18.6 Å². The fourth-order valence-electron chi connectivity index (χ4n) is 1.25. The number of aromatic nitrogens is 1. The number of hydrogen-bond donors (Lipinski definition) is 1. The molecule has 1 heterocycles. The molecule has 16 heavy (non-hydrogen) atoms. The number of ether oxygens (including phenoxy) is 1. The molecule has 2 aromatic rings. The van der Waals surface area contributed by atoms with E-state index in [1.54, 1.807) is 18.3 Å². The first-order valence-electron chi connectivity index (χ1n) is 4.79. The molecule has 0 bridgehead atoms. The molecule has 0 amide bonds. The van der Waals surface area contributed by atoms with Crippen molar-refractivity contribution in [3.8, 4) is 5.75 Å². The van der Waals surface area contributed by atoms with E-state index in [9.17, 15) is 0 Å². The van der Waals surface area contributed by atoms with E-state index in [-0.39, 0.29) is 0 Å². The number of hydrogen-bond acceptors (Lipinski definition) is 4. The van der Waals surface area contributed by atoms with Crippen LogP contribution in [0, 0.1) is 0 Å². The molecule has 0 spiro atoms. The van der Waals surface area contributed by atoms with Crippen molar-refractivity contribution >= 4 is 11.6 Å². The summed E-state index contributed by atoms with van der Waals surface area (Å²) in [6, 6.07) is 5.48. The maximum absolute atomic E-state index is 6.03. The topological polar surface area (TPSA) is 61.3 Å². The van der Waals surface area contributed by atoms with E-state index >= 15 is 0 Å². The molecule has 0 saturated heterocycles. The highest BCUT2D eigenvalue weighted by molar-refractivity contribution is 6.32. The first-order chi connectivity index (χ1) is 7.79. The smallest absolute Gasteiger partial charge is 0.138 e. The van der Waals surface area contributed by atoms with Crippen LogP contribution >= 0.6 is 11.6 Å². The fraction of sp³-hybridized carbons (Fsp3) is 0.182. The van der Waals surface area contributed by atoms with Gasteiger partial charge in [-0.3, -0.25) is 0 Å². The van der Waals surface area contributed by atoms with Gasteiger partial charge in [0.25, 0.3) is 0 Å². The van der Waals surface area contributed by atoms with E-state index in [1.807, 2.05) is 6.07 Å². The SMILES string of the molecule is NCc1ccc(OCc2cnoc2)c(Cl)c1. The summed E-state index contributed by atoms with van der Waals surface area (Å²) in [7, 11) is 0. The molecular formula is C11H11ClN2O2. The summed E-state index contributed by atoms with van der Waals surface area (Å²) in [6.07, 6.45) is 3.13. The standard InChI is InChI=1S/C11H11ClN2O2/c12-10-3-8(4-13)1-2-11(10)15-6-9-5-14-16-7-9/h1-3,5,7H,4,6,13H2. The Balaban J connectivity index is 2.04. The van der Waals surface area contributed by atoms with Crippen molar-refractivity contribution in [1.82, 2.24) is 5.16 Å². The summed E-state index contributed by atoms with van der Waals surface area (Å²) >= 11 is 6.03. The van der Waals surface area contributed by atoms with Gasteiger partial charge in [0, 0.05) is 12.1 Å². The molecule has 1 aromatic heterocycles. The summed E-state index contributed by atoms with van der Waals surface area (Å²) in [5, 5.41) is 4.13. The minimum atomic E-state index is 0.380. The highest BCUT2D eigenvalue weighted by Crippen LogP contribution is 2.26. The van der Waals surface area contributed by atoms with Crippen molar-refractivity contribution in [2.24, 2.45) is 5.73 Å². The average molecular weight is 239 g/mol. The molecule has 1 aromatic carbocycles. The number of nitrogens with zero attached hydrogens (tertiary/aromatic N) is 1. The van der Waals surface area contributed by atoms with E-state index < -0.39 is 0 Å². The van der Waals surface area contributed by atoms with Gasteiger partial charge in [0.15, 0.2) is 0 Å². The minimum absolute atomic E-state index is 0.380. The molecule has 0 unspecified atom stereocenters. The predicted molar refractivity (Wildman–Crippen MR) is 60.2 cm³/mol. The van der Waals surface area contributed by atoms with E-state index in [2.05, 4.69) is 5.16 Å². The van der Waals surface area contributed by atoms with Gasteiger partial charge in [0.05, 0.1) is 11.2 Å². The van der Waals surface area contributed by atoms with Crippen LogP contribution in [0.1, 0.15) is 11.1 Å². The third kappa shape index (κ3) is 2.53. The zero-order chi connectivity index (χ0) is 11.4. The van der Waals surface area contributed by atoms with Gasteiger partial charge in [0.2, 0.25) is 0 Å². The zero-order valence-electron chi connectivity index (χ0n) is 8.52. The van der Waals surface area contributed by atoms with Gasteiger partial charge < -0.3 is 15.0 Å². The molecule has 4 nitrogen and oxygen atoms in total. The molecular weight excluding hydrogens is 228 g/mol. The molecule has 5 heteroatoms. The van der Waals surface area contributed by atoms with Crippen LogP contribution in [-0.2, 0) is 13.2 Å². The Morgan fingerprint density at radius 2 is 2.25 bits per heavy atom. The van der Waals surface area contributed by atoms with E-state index in [0.29, 0.717) is 23.9 Å². The zero-order valence-corrected chi connectivity index (χ0v) is 9.28. The maximum atomic E-state index is 6.03. The van der Waals surface area contributed by atoms with Crippen molar-refractivity contribution in [3.05, 3.63) is 46.8 Å². The quantitative estimate of drug-likeness (QED) is 0.888. The molecule has 2 N–H and O–H groups in total. The van der Waals surface area contributed by atoms with E-state index in [0.717, 1.165) is 11.1 Å². The Hall–Kier alpha value is -1.52. The third-order valence-electron chi connectivity index (χ3n) is 2.11. The van der Waals surface area contributed by atoms with Crippen molar-refractivity contribution in [2.75, 3.05) is 0 Å². The average Bonchev–Trinajstić information content (AvgIpc) is 2.80. The third-order valence-corrected chi connectivity index (χ3v) is 2.41. The molecule has 2 rings (SSSR count). The minimum Gasteiger partial charge on any atom is -0.487 e. The molecule has 0 aliphatic heterocycles. The summed E-state index contributed by atoms with van der Waals surface area (Å²) in [4.78, 5) is 0. The normalized spacial score (nSPS) is 10.4. The molecule has 0 atom stereocenters. The molecule has 0 fully saturated rings. The summed E-state index contributed by atoms with van der Waals surface area (Å²) in [5.74, 6) is 0.625. The van der Waals surface area contributed by atoms with Gasteiger partial charge in [-0.05, 0) is 17.7 Å². The molecule has 0 radical (unpaired) electrons. The number of nitrogens with two attached hydrogens (primary N) is 1. The molecule has 0 saturated carbocycles. The van der Waals surface area contributed by atoms with Crippen LogP contribution in [-0.4, -0.2) is 5.16 Å². The van der Waals surface area contributed by atoms with E-state index in [4.69, 9.17) is 26.6 Å². The summed E-state index contributed by atoms with van der Waals surface area (Å²) in [6.45, 7) is 0.844. The number of rotatable bonds is 4. The van der Waals surface area contributed by atoms with Crippen molar-refractivity contribution in [1.29, 1.82) is 0 Å². The highest BCUT2D eigenvalue weighted by Gasteiger charge is 2.03. The Kier molecular flexibility index (Phi) is 3.44. The van der Waals surface area contributed by atoms with Crippen molar-refractivity contribution < 1.29 is 9.26 Å².